The first-order valence-corrected chi connectivity index (χ1v) is 5.72. The molecule has 0 bridgehead atoms. The van der Waals surface area contributed by atoms with Crippen LogP contribution in [0.1, 0.15) is 18.2 Å². The van der Waals surface area contributed by atoms with Crippen LogP contribution in [0.5, 0.6) is 0 Å². The monoisotopic (exact) mass is 205 g/mol. The fourth-order valence-corrected chi connectivity index (χ4v) is 1.89. The van der Waals surface area contributed by atoms with E-state index >= 15 is 0 Å². The van der Waals surface area contributed by atoms with Crippen LogP contribution < -0.4 is 10.2 Å². The molecule has 0 atom stereocenters. The fraction of sp³-hybridized carbons (Fsp3) is 0.583. The number of anilines is 1. The summed E-state index contributed by atoms with van der Waals surface area (Å²) in [5, 5.41) is 3.40. The Morgan fingerprint density at radius 3 is 2.93 bits per heavy atom. The highest BCUT2D eigenvalue weighted by Gasteiger charge is 2.10. The van der Waals surface area contributed by atoms with Crippen LogP contribution in [0.4, 0.5) is 5.82 Å². The molecule has 0 aromatic carbocycles. The minimum atomic E-state index is 1.00. The molecule has 3 heteroatoms. The number of nitrogens with zero attached hydrogens (tertiary/aromatic N) is 2. The Hall–Kier alpha value is -1.09. The van der Waals surface area contributed by atoms with E-state index in [1.54, 1.807) is 0 Å². The van der Waals surface area contributed by atoms with Crippen LogP contribution in [-0.2, 0) is 12.8 Å². The number of nitrogens with one attached hydrogen (secondary N) is 1. The second-order valence-electron chi connectivity index (χ2n) is 4.04. The summed E-state index contributed by atoms with van der Waals surface area (Å²) in [6.07, 6.45) is 2.17. The molecule has 1 aromatic rings. The molecule has 15 heavy (non-hydrogen) atoms. The Morgan fingerprint density at radius 1 is 1.33 bits per heavy atom. The van der Waals surface area contributed by atoms with Crippen LogP contribution in [0.25, 0.3) is 0 Å². The third kappa shape index (κ3) is 2.29. The van der Waals surface area contributed by atoms with Gasteiger partial charge in [-0.2, -0.15) is 0 Å². The topological polar surface area (TPSA) is 28.2 Å². The second-order valence-corrected chi connectivity index (χ2v) is 4.04. The van der Waals surface area contributed by atoms with Crippen LogP contribution in [0.2, 0.25) is 0 Å². The summed E-state index contributed by atoms with van der Waals surface area (Å²) in [5.74, 6) is 1.10. The number of hydrogen-bond donors (Lipinski definition) is 1. The molecule has 0 spiro atoms. The summed E-state index contributed by atoms with van der Waals surface area (Å²) in [5.41, 5.74) is 2.69. The lowest BCUT2D eigenvalue weighted by Gasteiger charge is -2.17. The highest BCUT2D eigenvalue weighted by molar-refractivity contribution is 5.41. The maximum atomic E-state index is 4.73. The average Bonchev–Trinajstić information content (AvgIpc) is 2.51. The fourth-order valence-electron chi connectivity index (χ4n) is 1.89. The lowest BCUT2D eigenvalue weighted by atomic mass is 10.1. The van der Waals surface area contributed by atoms with Crippen molar-refractivity contribution in [1.29, 1.82) is 0 Å². The second kappa shape index (κ2) is 4.62. The summed E-state index contributed by atoms with van der Waals surface area (Å²) in [7, 11) is 2.09. The lowest BCUT2D eigenvalue weighted by molar-refractivity contribution is 0.708. The smallest absolute Gasteiger partial charge is 0.128 e. The highest BCUT2D eigenvalue weighted by atomic mass is 15.2. The largest absolute Gasteiger partial charge is 0.360 e. The summed E-state index contributed by atoms with van der Waals surface area (Å²) in [6, 6.07) is 4.37. The number of hydrogen-bond acceptors (Lipinski definition) is 3. The lowest BCUT2D eigenvalue weighted by Crippen LogP contribution is -2.18. The van der Waals surface area contributed by atoms with Gasteiger partial charge in [0.2, 0.25) is 0 Å². The number of rotatable bonds is 2. The van der Waals surface area contributed by atoms with Crippen LogP contribution in [0.15, 0.2) is 12.1 Å². The maximum Gasteiger partial charge on any atom is 0.128 e. The molecule has 1 aromatic heterocycles. The first-order chi connectivity index (χ1) is 7.31. The van der Waals surface area contributed by atoms with Crippen LogP contribution in [0.3, 0.4) is 0 Å². The molecule has 0 saturated heterocycles. The highest BCUT2D eigenvalue weighted by Crippen LogP contribution is 2.16. The van der Waals surface area contributed by atoms with Gasteiger partial charge in [0.15, 0.2) is 0 Å². The predicted octanol–water partition coefficient (Wildman–Crippen LogP) is 1.23. The standard InChI is InChI=1S/C12H19N3/c1-3-15(2)12-5-4-10-6-8-13-9-7-11(10)14-12/h4-5,13H,3,6-9H2,1-2H3. The normalized spacial score (nSPS) is 15.6. The molecule has 0 aliphatic carbocycles. The van der Waals surface area contributed by atoms with E-state index in [-0.39, 0.29) is 0 Å². The van der Waals surface area contributed by atoms with Crippen molar-refractivity contribution in [3.05, 3.63) is 23.4 Å². The van der Waals surface area contributed by atoms with Crippen LogP contribution in [-0.4, -0.2) is 31.7 Å². The van der Waals surface area contributed by atoms with Gasteiger partial charge in [-0.1, -0.05) is 6.07 Å². The van der Waals surface area contributed by atoms with Crippen LogP contribution in [0, 0.1) is 0 Å². The molecule has 3 nitrogen and oxygen atoms in total. The van der Waals surface area contributed by atoms with Crippen molar-refractivity contribution < 1.29 is 0 Å². The summed E-state index contributed by atoms with van der Waals surface area (Å²) >= 11 is 0. The Morgan fingerprint density at radius 2 is 2.13 bits per heavy atom. The van der Waals surface area contributed by atoms with E-state index in [4.69, 9.17) is 4.98 Å². The van der Waals surface area contributed by atoms with Gasteiger partial charge in [-0.05, 0) is 31.5 Å². The van der Waals surface area contributed by atoms with Crippen molar-refractivity contribution in [3.8, 4) is 0 Å². The minimum absolute atomic E-state index is 1.00. The van der Waals surface area contributed by atoms with E-state index in [1.165, 1.54) is 11.3 Å². The first-order valence-electron chi connectivity index (χ1n) is 5.72. The van der Waals surface area contributed by atoms with E-state index < -0.39 is 0 Å². The van der Waals surface area contributed by atoms with Gasteiger partial charge in [-0.15, -0.1) is 0 Å². The van der Waals surface area contributed by atoms with Crippen molar-refractivity contribution in [2.24, 2.45) is 0 Å². The van der Waals surface area contributed by atoms with Gasteiger partial charge in [0.05, 0.1) is 0 Å². The van der Waals surface area contributed by atoms with E-state index in [0.29, 0.717) is 0 Å². The Kier molecular flexibility index (Phi) is 3.21. The third-order valence-electron chi connectivity index (χ3n) is 3.03. The molecule has 0 radical (unpaired) electrons. The van der Waals surface area contributed by atoms with Crippen LogP contribution >= 0.6 is 0 Å². The van der Waals surface area contributed by atoms with Crippen molar-refractivity contribution in [2.75, 3.05) is 31.6 Å². The molecular weight excluding hydrogens is 186 g/mol. The van der Waals surface area contributed by atoms with Gasteiger partial charge >= 0.3 is 0 Å². The van der Waals surface area contributed by atoms with Gasteiger partial charge < -0.3 is 10.2 Å². The molecule has 0 amide bonds. The third-order valence-corrected chi connectivity index (χ3v) is 3.03. The van der Waals surface area contributed by atoms with Crippen molar-refractivity contribution in [2.45, 2.75) is 19.8 Å². The summed E-state index contributed by atoms with van der Waals surface area (Å²) < 4.78 is 0. The number of pyridine rings is 1. The van der Waals surface area contributed by atoms with E-state index in [1.807, 2.05) is 0 Å². The van der Waals surface area contributed by atoms with E-state index in [0.717, 1.165) is 38.3 Å². The van der Waals surface area contributed by atoms with E-state index in [2.05, 4.69) is 36.3 Å². The van der Waals surface area contributed by atoms with Gasteiger partial charge in [-0.3, -0.25) is 0 Å². The zero-order valence-corrected chi connectivity index (χ0v) is 9.58. The average molecular weight is 205 g/mol. The Bertz CT molecular complexity index is 336. The quantitative estimate of drug-likeness (QED) is 0.787. The molecule has 82 valence electrons. The first kappa shape index (κ1) is 10.4. The zero-order valence-electron chi connectivity index (χ0n) is 9.58. The molecule has 2 heterocycles. The van der Waals surface area contributed by atoms with Gasteiger partial charge in [0.1, 0.15) is 5.82 Å². The molecule has 1 N–H and O–H groups in total. The minimum Gasteiger partial charge on any atom is -0.360 e. The summed E-state index contributed by atoms with van der Waals surface area (Å²) in [6.45, 7) is 5.29. The molecule has 0 unspecified atom stereocenters. The Balaban J connectivity index is 2.27. The SMILES string of the molecule is CCN(C)c1ccc2c(n1)CCNCC2. The predicted molar refractivity (Wildman–Crippen MR) is 63.5 cm³/mol. The van der Waals surface area contributed by atoms with Gasteiger partial charge in [0, 0.05) is 32.3 Å². The molecule has 0 saturated carbocycles. The van der Waals surface area contributed by atoms with E-state index in [9.17, 15) is 0 Å². The van der Waals surface area contributed by atoms with Gasteiger partial charge in [-0.25, -0.2) is 4.98 Å². The molecule has 2 rings (SSSR count). The zero-order chi connectivity index (χ0) is 10.7. The molecular formula is C12H19N3. The Labute approximate surface area is 91.5 Å². The van der Waals surface area contributed by atoms with Crippen molar-refractivity contribution in [1.82, 2.24) is 10.3 Å². The molecule has 1 aliphatic heterocycles. The van der Waals surface area contributed by atoms with Gasteiger partial charge in [0.25, 0.3) is 0 Å². The number of aromatic nitrogens is 1. The van der Waals surface area contributed by atoms with Crippen molar-refractivity contribution >= 4 is 5.82 Å². The number of fused-ring (bicyclic) bond motifs is 1. The maximum absolute atomic E-state index is 4.73. The van der Waals surface area contributed by atoms with Crippen molar-refractivity contribution in [3.63, 3.8) is 0 Å². The molecule has 0 fully saturated rings. The molecule has 1 aliphatic rings. The summed E-state index contributed by atoms with van der Waals surface area (Å²) in [4.78, 5) is 6.91.